The summed E-state index contributed by atoms with van der Waals surface area (Å²) in [4.78, 5) is 14.1. The Bertz CT molecular complexity index is 799. The Morgan fingerprint density at radius 1 is 0.750 bits per heavy atom. The van der Waals surface area contributed by atoms with Crippen LogP contribution >= 0.6 is 0 Å². The van der Waals surface area contributed by atoms with Crippen LogP contribution in [0.3, 0.4) is 0 Å². The van der Waals surface area contributed by atoms with Crippen LogP contribution in [0.2, 0.25) is 0 Å². The molecular weight excluding hydrogens is 353 g/mol. The average molecular weight is 377 g/mol. The molecule has 0 unspecified atom stereocenters. The zero-order valence-corrected chi connectivity index (χ0v) is 15.7. The normalized spacial score (nSPS) is 11.9. The van der Waals surface area contributed by atoms with Crippen LogP contribution in [0.25, 0.3) is 0 Å². The number of carbonyl (C=O) groups excluding carboxylic acids is 1. The highest BCUT2D eigenvalue weighted by atomic mass is 19.1. The van der Waals surface area contributed by atoms with Gasteiger partial charge in [0.25, 0.3) is 0 Å². The Morgan fingerprint density at radius 2 is 1.18 bits per heavy atom. The number of ether oxygens (including phenoxy) is 1. The summed E-state index contributed by atoms with van der Waals surface area (Å²) >= 11 is 0. The number of alkyl halides is 1. The summed E-state index contributed by atoms with van der Waals surface area (Å²) in [5.74, 6) is -0.824. The molecule has 0 spiro atoms. The van der Waals surface area contributed by atoms with E-state index in [-0.39, 0.29) is 13.2 Å². The number of nitrogens with zero attached hydrogens (tertiary/aromatic N) is 1. The zero-order chi connectivity index (χ0) is 19.6. The molecule has 0 bridgehead atoms. The van der Waals surface area contributed by atoms with E-state index in [1.54, 1.807) is 0 Å². The van der Waals surface area contributed by atoms with E-state index < -0.39 is 12.1 Å². The molecule has 4 heteroatoms. The third kappa shape index (κ3) is 6.32. The van der Waals surface area contributed by atoms with Crippen LogP contribution in [-0.2, 0) is 29.2 Å². The Hall–Kier alpha value is -2.98. The predicted molar refractivity (Wildman–Crippen MR) is 108 cm³/mol. The van der Waals surface area contributed by atoms with E-state index in [2.05, 4.69) is 0 Å². The van der Waals surface area contributed by atoms with Crippen molar-refractivity contribution >= 4 is 5.97 Å². The molecule has 0 saturated heterocycles. The fraction of sp³-hybridized carbons (Fsp3) is 0.208. The quantitative estimate of drug-likeness (QED) is 0.503. The summed E-state index contributed by atoms with van der Waals surface area (Å²) in [6.07, 6.45) is -1.70. The molecule has 0 aromatic heterocycles. The smallest absolute Gasteiger partial charge is 0.342 e. The van der Waals surface area contributed by atoms with Crippen molar-refractivity contribution in [2.24, 2.45) is 0 Å². The second-order valence-corrected chi connectivity index (χ2v) is 6.70. The van der Waals surface area contributed by atoms with Crippen LogP contribution in [0.15, 0.2) is 91.0 Å². The van der Waals surface area contributed by atoms with Crippen molar-refractivity contribution < 1.29 is 13.9 Å². The standard InChI is InChI=1S/C24H24FNO2/c25-23(24(27)28-19-22-14-8-3-9-15-22)18-26(16-20-10-4-1-5-11-20)17-21-12-6-2-7-13-21/h1-15,23H,16-19H2/t23-/m1/s1. The lowest BCUT2D eigenvalue weighted by Gasteiger charge is -2.24. The molecule has 0 amide bonds. The molecule has 0 radical (unpaired) electrons. The monoisotopic (exact) mass is 377 g/mol. The first-order valence-electron chi connectivity index (χ1n) is 9.35. The van der Waals surface area contributed by atoms with Crippen molar-refractivity contribution in [1.82, 2.24) is 4.90 Å². The van der Waals surface area contributed by atoms with Gasteiger partial charge in [-0.25, -0.2) is 9.18 Å². The lowest BCUT2D eigenvalue weighted by Crippen LogP contribution is -2.34. The van der Waals surface area contributed by atoms with Gasteiger partial charge in [0, 0.05) is 19.6 Å². The van der Waals surface area contributed by atoms with Gasteiger partial charge >= 0.3 is 5.97 Å². The summed E-state index contributed by atoms with van der Waals surface area (Å²) in [6, 6.07) is 29.0. The van der Waals surface area contributed by atoms with E-state index in [4.69, 9.17) is 4.74 Å². The minimum absolute atomic E-state index is 0.0165. The molecule has 0 fully saturated rings. The number of benzene rings is 3. The first-order chi connectivity index (χ1) is 13.7. The maximum absolute atomic E-state index is 14.6. The number of hydrogen-bond donors (Lipinski definition) is 0. The molecule has 0 N–H and O–H groups in total. The SMILES string of the molecule is O=C(OCc1ccccc1)[C@H](F)CN(Cc1ccccc1)Cc1ccccc1. The second kappa shape index (κ2) is 10.4. The topological polar surface area (TPSA) is 29.5 Å². The zero-order valence-electron chi connectivity index (χ0n) is 15.7. The van der Waals surface area contributed by atoms with Crippen molar-refractivity contribution in [2.75, 3.05) is 6.54 Å². The molecule has 0 aliphatic carbocycles. The second-order valence-electron chi connectivity index (χ2n) is 6.70. The molecule has 3 aromatic carbocycles. The van der Waals surface area contributed by atoms with Crippen LogP contribution in [0, 0.1) is 0 Å². The lowest BCUT2D eigenvalue weighted by molar-refractivity contribution is -0.151. The van der Waals surface area contributed by atoms with Gasteiger partial charge in [-0.05, 0) is 16.7 Å². The maximum Gasteiger partial charge on any atom is 0.342 e. The van der Waals surface area contributed by atoms with Crippen molar-refractivity contribution in [3.05, 3.63) is 108 Å². The van der Waals surface area contributed by atoms with Gasteiger partial charge in [-0.1, -0.05) is 91.0 Å². The minimum atomic E-state index is -1.70. The lowest BCUT2D eigenvalue weighted by atomic mass is 10.1. The Kier molecular flexibility index (Phi) is 7.33. The van der Waals surface area contributed by atoms with Gasteiger partial charge in [-0.3, -0.25) is 4.90 Å². The summed E-state index contributed by atoms with van der Waals surface area (Å²) < 4.78 is 19.8. The Morgan fingerprint density at radius 3 is 1.64 bits per heavy atom. The highest BCUT2D eigenvalue weighted by Crippen LogP contribution is 2.13. The van der Waals surface area contributed by atoms with E-state index >= 15 is 0 Å². The van der Waals surface area contributed by atoms with Crippen LogP contribution < -0.4 is 0 Å². The third-order valence-electron chi connectivity index (χ3n) is 4.40. The van der Waals surface area contributed by atoms with Crippen LogP contribution in [0.5, 0.6) is 0 Å². The summed E-state index contributed by atoms with van der Waals surface area (Å²) in [6.45, 7) is 1.18. The molecule has 3 aromatic rings. The van der Waals surface area contributed by atoms with Gasteiger partial charge in [0.2, 0.25) is 6.17 Å². The van der Waals surface area contributed by atoms with Crippen molar-refractivity contribution in [1.29, 1.82) is 0 Å². The van der Waals surface area contributed by atoms with Gasteiger partial charge in [0.15, 0.2) is 0 Å². The molecule has 1 atom stereocenters. The Labute approximate surface area is 165 Å². The van der Waals surface area contributed by atoms with E-state index in [1.807, 2.05) is 95.9 Å². The molecular formula is C24H24FNO2. The number of hydrogen-bond acceptors (Lipinski definition) is 3. The number of carbonyl (C=O) groups is 1. The molecule has 144 valence electrons. The van der Waals surface area contributed by atoms with E-state index in [0.29, 0.717) is 13.1 Å². The van der Waals surface area contributed by atoms with Gasteiger partial charge in [0.05, 0.1) is 0 Å². The van der Waals surface area contributed by atoms with Crippen molar-refractivity contribution in [3.8, 4) is 0 Å². The largest absolute Gasteiger partial charge is 0.459 e. The van der Waals surface area contributed by atoms with Crippen LogP contribution in [0.4, 0.5) is 4.39 Å². The average Bonchev–Trinajstić information content (AvgIpc) is 2.74. The third-order valence-corrected chi connectivity index (χ3v) is 4.40. The molecule has 0 aliphatic heterocycles. The van der Waals surface area contributed by atoms with E-state index in [1.165, 1.54) is 0 Å². The highest BCUT2D eigenvalue weighted by molar-refractivity contribution is 5.74. The van der Waals surface area contributed by atoms with Gasteiger partial charge in [0.1, 0.15) is 6.61 Å². The van der Waals surface area contributed by atoms with E-state index in [0.717, 1.165) is 16.7 Å². The van der Waals surface area contributed by atoms with Gasteiger partial charge < -0.3 is 4.74 Å². The summed E-state index contributed by atoms with van der Waals surface area (Å²) in [5, 5.41) is 0. The number of halogens is 1. The minimum Gasteiger partial charge on any atom is -0.459 e. The first kappa shape index (κ1) is 19.8. The van der Waals surface area contributed by atoms with Crippen molar-refractivity contribution in [2.45, 2.75) is 25.9 Å². The predicted octanol–water partition coefficient (Wildman–Crippen LogP) is 4.77. The Balaban J connectivity index is 1.61. The molecule has 28 heavy (non-hydrogen) atoms. The van der Waals surface area contributed by atoms with Gasteiger partial charge in [-0.2, -0.15) is 0 Å². The number of rotatable bonds is 9. The molecule has 3 rings (SSSR count). The summed E-state index contributed by atoms with van der Waals surface area (Å²) in [5.41, 5.74) is 2.99. The molecule has 0 heterocycles. The molecule has 3 nitrogen and oxygen atoms in total. The first-order valence-corrected chi connectivity index (χ1v) is 9.35. The molecule has 0 aliphatic rings. The van der Waals surface area contributed by atoms with Crippen LogP contribution in [0.1, 0.15) is 16.7 Å². The van der Waals surface area contributed by atoms with Crippen molar-refractivity contribution in [3.63, 3.8) is 0 Å². The van der Waals surface area contributed by atoms with E-state index in [9.17, 15) is 9.18 Å². The highest BCUT2D eigenvalue weighted by Gasteiger charge is 2.23. The van der Waals surface area contributed by atoms with Gasteiger partial charge in [-0.15, -0.1) is 0 Å². The number of esters is 1. The van der Waals surface area contributed by atoms with Crippen LogP contribution in [-0.4, -0.2) is 23.6 Å². The summed E-state index contributed by atoms with van der Waals surface area (Å²) in [7, 11) is 0. The molecule has 0 saturated carbocycles. The fourth-order valence-corrected chi connectivity index (χ4v) is 2.99. The maximum atomic E-state index is 14.6. The fourth-order valence-electron chi connectivity index (χ4n) is 2.99.